The van der Waals surface area contributed by atoms with Crippen LogP contribution in [0.2, 0.25) is 0 Å². The molecule has 0 aliphatic rings. The molecular formula is C11H16N2OS. The summed E-state index contributed by atoms with van der Waals surface area (Å²) in [6, 6.07) is 5.70. The second-order valence-corrected chi connectivity index (χ2v) is 4.12. The van der Waals surface area contributed by atoms with Gasteiger partial charge in [-0.25, -0.2) is 0 Å². The first-order valence-corrected chi connectivity index (χ1v) is 5.53. The Morgan fingerprint density at radius 2 is 2.33 bits per heavy atom. The maximum absolute atomic E-state index is 11.7. The monoisotopic (exact) mass is 224 g/mol. The van der Waals surface area contributed by atoms with Crippen molar-refractivity contribution < 1.29 is 4.79 Å². The highest BCUT2D eigenvalue weighted by Gasteiger charge is 2.16. The van der Waals surface area contributed by atoms with Gasteiger partial charge in [-0.3, -0.25) is 9.78 Å². The fourth-order valence-corrected chi connectivity index (χ4v) is 1.46. The quantitative estimate of drug-likeness (QED) is 0.790. The third-order valence-corrected chi connectivity index (χ3v) is 2.35. The Kier molecular flexibility index (Phi) is 4.62. The van der Waals surface area contributed by atoms with Gasteiger partial charge < -0.3 is 4.90 Å². The van der Waals surface area contributed by atoms with E-state index in [9.17, 15) is 4.79 Å². The fraction of sp³-hybridized carbons (Fsp3) is 0.455. The lowest BCUT2D eigenvalue weighted by Gasteiger charge is -2.21. The first kappa shape index (κ1) is 12.0. The highest BCUT2D eigenvalue weighted by molar-refractivity contribution is 7.81. The third kappa shape index (κ3) is 3.55. The van der Waals surface area contributed by atoms with Crippen LogP contribution in [0.15, 0.2) is 24.4 Å². The molecule has 15 heavy (non-hydrogen) atoms. The topological polar surface area (TPSA) is 33.2 Å². The summed E-state index contributed by atoms with van der Waals surface area (Å²) in [5.41, 5.74) is 0.904. The van der Waals surface area contributed by atoms with Gasteiger partial charge in [0, 0.05) is 12.7 Å². The molecule has 1 rings (SSSR count). The molecule has 0 aliphatic heterocycles. The zero-order valence-electron chi connectivity index (χ0n) is 9.05. The van der Waals surface area contributed by atoms with Crippen LogP contribution in [0.1, 0.15) is 19.5 Å². The molecule has 1 atom stereocenters. The van der Waals surface area contributed by atoms with Crippen LogP contribution in [0.4, 0.5) is 0 Å². The zero-order valence-corrected chi connectivity index (χ0v) is 9.95. The number of carbonyl (C=O) groups is 1. The Morgan fingerprint density at radius 3 is 2.80 bits per heavy atom. The first-order chi connectivity index (χ1) is 7.15. The van der Waals surface area contributed by atoms with E-state index in [0.717, 1.165) is 5.69 Å². The van der Waals surface area contributed by atoms with E-state index in [-0.39, 0.29) is 11.2 Å². The lowest BCUT2D eigenvalue weighted by molar-refractivity contribution is -0.130. The molecule has 3 nitrogen and oxygen atoms in total. The average Bonchev–Trinajstić information content (AvgIpc) is 2.26. The number of thiol groups is 1. The van der Waals surface area contributed by atoms with Crippen molar-refractivity contribution in [2.75, 3.05) is 6.54 Å². The van der Waals surface area contributed by atoms with Gasteiger partial charge in [0.15, 0.2) is 0 Å². The standard InChI is InChI=1S/C11H16N2OS/c1-3-13(11(14)9(2)15)8-10-6-4-5-7-12-10/h4-7,9,15H,3,8H2,1-2H3. The summed E-state index contributed by atoms with van der Waals surface area (Å²) < 4.78 is 0. The summed E-state index contributed by atoms with van der Waals surface area (Å²) in [4.78, 5) is 17.6. The summed E-state index contributed by atoms with van der Waals surface area (Å²) in [5.74, 6) is 0.0477. The highest BCUT2D eigenvalue weighted by atomic mass is 32.1. The van der Waals surface area contributed by atoms with Crippen LogP contribution < -0.4 is 0 Å². The molecule has 1 amide bonds. The molecule has 1 aromatic rings. The van der Waals surface area contributed by atoms with Gasteiger partial charge in [0.25, 0.3) is 0 Å². The second kappa shape index (κ2) is 5.75. The van der Waals surface area contributed by atoms with Crippen LogP contribution in [0.25, 0.3) is 0 Å². The lowest BCUT2D eigenvalue weighted by atomic mass is 10.3. The molecule has 0 aliphatic carbocycles. The molecule has 0 aromatic carbocycles. The van der Waals surface area contributed by atoms with Crippen LogP contribution in [0.5, 0.6) is 0 Å². The average molecular weight is 224 g/mol. The molecule has 0 radical (unpaired) electrons. The number of amides is 1. The Bertz CT molecular complexity index is 314. The molecule has 0 spiro atoms. The van der Waals surface area contributed by atoms with Gasteiger partial charge in [0.2, 0.25) is 5.91 Å². The van der Waals surface area contributed by atoms with Crippen molar-refractivity contribution >= 4 is 18.5 Å². The Hall–Kier alpha value is -1.03. The van der Waals surface area contributed by atoms with Gasteiger partial charge in [0.1, 0.15) is 0 Å². The molecule has 1 heterocycles. The van der Waals surface area contributed by atoms with Crippen LogP contribution in [-0.4, -0.2) is 27.6 Å². The van der Waals surface area contributed by atoms with Gasteiger partial charge in [-0.1, -0.05) is 6.07 Å². The molecule has 0 bridgehead atoms. The van der Waals surface area contributed by atoms with E-state index in [0.29, 0.717) is 13.1 Å². The third-order valence-electron chi connectivity index (χ3n) is 2.13. The van der Waals surface area contributed by atoms with Crippen LogP contribution in [-0.2, 0) is 11.3 Å². The van der Waals surface area contributed by atoms with Crippen LogP contribution >= 0.6 is 12.6 Å². The van der Waals surface area contributed by atoms with Gasteiger partial charge >= 0.3 is 0 Å². The Balaban J connectivity index is 2.66. The number of pyridine rings is 1. The first-order valence-electron chi connectivity index (χ1n) is 5.02. The van der Waals surface area contributed by atoms with Crippen molar-refractivity contribution in [2.24, 2.45) is 0 Å². The Labute approximate surface area is 95.9 Å². The highest BCUT2D eigenvalue weighted by Crippen LogP contribution is 2.06. The predicted octanol–water partition coefficient (Wildman–Crippen LogP) is 1.75. The fourth-order valence-electron chi connectivity index (χ4n) is 1.30. The van der Waals surface area contributed by atoms with Crippen molar-refractivity contribution in [1.29, 1.82) is 0 Å². The maximum Gasteiger partial charge on any atom is 0.235 e. The van der Waals surface area contributed by atoms with Crippen molar-refractivity contribution in [3.05, 3.63) is 30.1 Å². The van der Waals surface area contributed by atoms with E-state index in [2.05, 4.69) is 17.6 Å². The number of rotatable bonds is 4. The smallest absolute Gasteiger partial charge is 0.235 e. The maximum atomic E-state index is 11.7. The molecular weight excluding hydrogens is 208 g/mol. The van der Waals surface area contributed by atoms with E-state index in [1.165, 1.54) is 0 Å². The van der Waals surface area contributed by atoms with E-state index < -0.39 is 0 Å². The van der Waals surface area contributed by atoms with Crippen molar-refractivity contribution in [3.63, 3.8) is 0 Å². The minimum Gasteiger partial charge on any atom is -0.336 e. The van der Waals surface area contributed by atoms with Crippen LogP contribution in [0, 0.1) is 0 Å². The van der Waals surface area contributed by atoms with Crippen LogP contribution in [0.3, 0.4) is 0 Å². The van der Waals surface area contributed by atoms with Gasteiger partial charge in [0.05, 0.1) is 17.5 Å². The normalized spacial score (nSPS) is 12.2. The lowest BCUT2D eigenvalue weighted by Crippen LogP contribution is -2.35. The Morgan fingerprint density at radius 1 is 1.60 bits per heavy atom. The molecule has 1 unspecified atom stereocenters. The SMILES string of the molecule is CCN(Cc1ccccn1)C(=O)C(C)S. The minimum absolute atomic E-state index is 0.0477. The zero-order chi connectivity index (χ0) is 11.3. The molecule has 1 aromatic heterocycles. The summed E-state index contributed by atoms with van der Waals surface area (Å²) in [6.45, 7) is 4.98. The predicted molar refractivity (Wildman–Crippen MR) is 63.8 cm³/mol. The second-order valence-electron chi connectivity index (χ2n) is 3.35. The number of nitrogens with zero attached hydrogens (tertiary/aromatic N) is 2. The number of carbonyl (C=O) groups excluding carboxylic acids is 1. The molecule has 0 saturated carbocycles. The summed E-state index contributed by atoms with van der Waals surface area (Å²) in [6.07, 6.45) is 1.73. The molecule has 4 heteroatoms. The summed E-state index contributed by atoms with van der Waals surface area (Å²) in [5, 5.41) is -0.256. The van der Waals surface area contributed by atoms with E-state index >= 15 is 0 Å². The molecule has 82 valence electrons. The number of hydrogen-bond acceptors (Lipinski definition) is 3. The van der Waals surface area contributed by atoms with Crippen molar-refractivity contribution in [3.8, 4) is 0 Å². The van der Waals surface area contributed by atoms with E-state index in [1.54, 1.807) is 18.0 Å². The van der Waals surface area contributed by atoms with E-state index in [1.807, 2.05) is 25.1 Å². The van der Waals surface area contributed by atoms with Crippen molar-refractivity contribution in [2.45, 2.75) is 25.6 Å². The largest absolute Gasteiger partial charge is 0.336 e. The number of aromatic nitrogens is 1. The number of hydrogen-bond donors (Lipinski definition) is 1. The molecule has 0 N–H and O–H groups in total. The molecule has 0 saturated heterocycles. The van der Waals surface area contributed by atoms with Crippen molar-refractivity contribution in [1.82, 2.24) is 9.88 Å². The minimum atomic E-state index is -0.256. The molecule has 0 fully saturated rings. The summed E-state index contributed by atoms with van der Waals surface area (Å²) >= 11 is 4.14. The van der Waals surface area contributed by atoms with Gasteiger partial charge in [-0.2, -0.15) is 12.6 Å². The summed E-state index contributed by atoms with van der Waals surface area (Å²) in [7, 11) is 0. The van der Waals surface area contributed by atoms with E-state index in [4.69, 9.17) is 0 Å². The van der Waals surface area contributed by atoms with Gasteiger partial charge in [-0.05, 0) is 26.0 Å². The van der Waals surface area contributed by atoms with Gasteiger partial charge in [-0.15, -0.1) is 0 Å².